The standard InChI is InChI=1S/C26H31N3O/c1-15-3-4-20-5-6-21-10-22(29-24(21)23(20)27-15)25(30)28-16(2)11-26-12-17-7-18(13-26)9-19(8-17)14-26/h3-6,10,16-19,27H,7-9,11-14H2,1-2H3,(H,28,30)/t16-,17?,18?,19?,26?/m1/s1. The summed E-state index contributed by atoms with van der Waals surface area (Å²) in [7, 11) is 0. The SMILES string of the molecule is Cc1ccc2ccc3cc(C(=O)N[C@H](C)CC45CC6CC(CC(C6)C4)C5)nc3c2[nH]1. The van der Waals surface area contributed by atoms with Crippen molar-refractivity contribution in [3.63, 3.8) is 0 Å². The Morgan fingerprint density at radius 3 is 2.43 bits per heavy atom. The predicted molar refractivity (Wildman–Crippen MR) is 120 cm³/mol. The molecule has 4 aliphatic rings. The van der Waals surface area contributed by atoms with E-state index in [4.69, 9.17) is 4.98 Å². The number of rotatable bonds is 4. The second-order valence-corrected chi connectivity index (χ2v) is 10.7. The number of H-pyrrole nitrogens is 1. The summed E-state index contributed by atoms with van der Waals surface area (Å²) in [6.45, 7) is 4.23. The van der Waals surface area contributed by atoms with Gasteiger partial charge in [0.25, 0.3) is 5.91 Å². The molecular formula is C26H31N3O. The van der Waals surface area contributed by atoms with Gasteiger partial charge in [-0.25, -0.2) is 4.98 Å². The summed E-state index contributed by atoms with van der Waals surface area (Å²) >= 11 is 0. The van der Waals surface area contributed by atoms with Crippen LogP contribution in [-0.2, 0) is 0 Å². The van der Waals surface area contributed by atoms with Crippen LogP contribution < -0.4 is 5.32 Å². The Labute approximate surface area is 177 Å². The minimum atomic E-state index is -0.0377. The molecular weight excluding hydrogens is 370 g/mol. The molecule has 3 aromatic rings. The van der Waals surface area contributed by atoms with Gasteiger partial charge in [-0.15, -0.1) is 0 Å². The van der Waals surface area contributed by atoms with Crippen molar-refractivity contribution in [3.8, 4) is 0 Å². The van der Waals surface area contributed by atoms with Gasteiger partial charge in [-0.3, -0.25) is 4.79 Å². The Hall–Kier alpha value is -2.36. The normalized spacial score (nSPS) is 30.8. The number of carbonyl (C=O) groups excluding carboxylic acids is 1. The summed E-state index contributed by atoms with van der Waals surface area (Å²) in [5.41, 5.74) is 4.00. The molecule has 1 aromatic carbocycles. The van der Waals surface area contributed by atoms with Crippen LogP contribution in [0.5, 0.6) is 0 Å². The van der Waals surface area contributed by atoms with Crippen molar-refractivity contribution in [2.75, 3.05) is 0 Å². The smallest absolute Gasteiger partial charge is 0.270 e. The molecule has 0 unspecified atom stereocenters. The highest BCUT2D eigenvalue weighted by atomic mass is 16.1. The molecule has 1 atom stereocenters. The van der Waals surface area contributed by atoms with Crippen molar-refractivity contribution in [2.45, 2.75) is 64.8 Å². The molecule has 4 fully saturated rings. The minimum Gasteiger partial charge on any atom is -0.357 e. The average molecular weight is 402 g/mol. The Morgan fingerprint density at radius 1 is 1.10 bits per heavy atom. The van der Waals surface area contributed by atoms with Crippen LogP contribution in [0.3, 0.4) is 0 Å². The largest absolute Gasteiger partial charge is 0.357 e. The van der Waals surface area contributed by atoms with Crippen molar-refractivity contribution in [3.05, 3.63) is 41.7 Å². The maximum absolute atomic E-state index is 13.0. The van der Waals surface area contributed by atoms with E-state index in [9.17, 15) is 4.79 Å². The van der Waals surface area contributed by atoms with Gasteiger partial charge in [-0.1, -0.05) is 18.2 Å². The summed E-state index contributed by atoms with van der Waals surface area (Å²) in [6, 6.07) is 10.4. The number of hydrogen-bond donors (Lipinski definition) is 2. The molecule has 0 saturated heterocycles. The molecule has 4 aliphatic carbocycles. The molecule has 4 nitrogen and oxygen atoms in total. The van der Waals surface area contributed by atoms with E-state index < -0.39 is 0 Å². The molecule has 0 aliphatic heterocycles. The van der Waals surface area contributed by atoms with E-state index in [0.717, 1.165) is 51.7 Å². The number of carbonyl (C=O) groups is 1. The number of benzene rings is 1. The quantitative estimate of drug-likeness (QED) is 0.585. The third kappa shape index (κ3) is 3.03. The molecule has 4 saturated carbocycles. The zero-order valence-electron chi connectivity index (χ0n) is 18.0. The summed E-state index contributed by atoms with van der Waals surface area (Å²) in [5, 5.41) is 5.42. The van der Waals surface area contributed by atoms with Crippen LogP contribution in [0, 0.1) is 30.1 Å². The van der Waals surface area contributed by atoms with E-state index in [-0.39, 0.29) is 11.9 Å². The van der Waals surface area contributed by atoms with Gasteiger partial charge in [-0.2, -0.15) is 0 Å². The van der Waals surface area contributed by atoms with Gasteiger partial charge in [0, 0.05) is 22.5 Å². The maximum Gasteiger partial charge on any atom is 0.270 e. The highest BCUT2D eigenvalue weighted by Gasteiger charge is 2.51. The molecule has 4 bridgehead atoms. The first-order valence-corrected chi connectivity index (χ1v) is 11.7. The third-order valence-electron chi connectivity index (χ3n) is 8.12. The van der Waals surface area contributed by atoms with E-state index in [2.05, 4.69) is 41.5 Å². The molecule has 156 valence electrons. The lowest BCUT2D eigenvalue weighted by Crippen LogP contribution is -2.49. The van der Waals surface area contributed by atoms with E-state index >= 15 is 0 Å². The van der Waals surface area contributed by atoms with Gasteiger partial charge in [0.15, 0.2) is 0 Å². The first-order chi connectivity index (χ1) is 14.5. The molecule has 1 amide bonds. The van der Waals surface area contributed by atoms with Crippen LogP contribution in [0.2, 0.25) is 0 Å². The number of fused-ring (bicyclic) bond motifs is 3. The fourth-order valence-electron chi connectivity index (χ4n) is 7.54. The summed E-state index contributed by atoms with van der Waals surface area (Å²) < 4.78 is 0. The summed E-state index contributed by atoms with van der Waals surface area (Å²) in [6.07, 6.45) is 9.69. The number of aryl methyl sites for hydroxylation is 1. The zero-order chi connectivity index (χ0) is 20.5. The third-order valence-corrected chi connectivity index (χ3v) is 8.12. The zero-order valence-corrected chi connectivity index (χ0v) is 18.0. The fourth-order valence-corrected chi connectivity index (χ4v) is 7.54. The van der Waals surface area contributed by atoms with Crippen molar-refractivity contribution >= 4 is 27.7 Å². The van der Waals surface area contributed by atoms with Crippen LogP contribution in [0.15, 0.2) is 30.3 Å². The van der Waals surface area contributed by atoms with Crippen molar-refractivity contribution in [2.24, 2.45) is 23.2 Å². The van der Waals surface area contributed by atoms with E-state index in [1.807, 2.05) is 13.0 Å². The number of hydrogen-bond acceptors (Lipinski definition) is 2. The molecule has 0 spiro atoms. The van der Waals surface area contributed by atoms with E-state index in [0.29, 0.717) is 11.1 Å². The van der Waals surface area contributed by atoms with Crippen molar-refractivity contribution < 1.29 is 4.79 Å². The molecule has 4 heteroatoms. The Balaban J connectivity index is 1.21. The van der Waals surface area contributed by atoms with Crippen LogP contribution in [-0.4, -0.2) is 21.9 Å². The van der Waals surface area contributed by atoms with Gasteiger partial charge in [0.1, 0.15) is 5.69 Å². The molecule has 2 N–H and O–H groups in total. The average Bonchev–Trinajstić information content (AvgIpc) is 3.11. The fraction of sp³-hybridized carbons (Fsp3) is 0.538. The van der Waals surface area contributed by atoms with Crippen LogP contribution >= 0.6 is 0 Å². The Kier molecular flexibility index (Phi) is 4.03. The van der Waals surface area contributed by atoms with Gasteiger partial charge in [-0.05, 0) is 94.1 Å². The highest BCUT2D eigenvalue weighted by molar-refractivity contribution is 6.07. The topological polar surface area (TPSA) is 57.8 Å². The molecule has 2 aromatic heterocycles. The van der Waals surface area contributed by atoms with E-state index in [1.54, 1.807) is 0 Å². The number of nitrogens with one attached hydrogen (secondary N) is 2. The lowest BCUT2D eigenvalue weighted by molar-refractivity contribution is -0.0607. The maximum atomic E-state index is 13.0. The molecule has 30 heavy (non-hydrogen) atoms. The lowest BCUT2D eigenvalue weighted by atomic mass is 9.48. The van der Waals surface area contributed by atoms with Crippen molar-refractivity contribution in [1.82, 2.24) is 15.3 Å². The lowest BCUT2D eigenvalue weighted by Gasteiger charge is -2.57. The number of aromatic amines is 1. The van der Waals surface area contributed by atoms with Gasteiger partial charge >= 0.3 is 0 Å². The Morgan fingerprint density at radius 2 is 1.73 bits per heavy atom. The van der Waals surface area contributed by atoms with Gasteiger partial charge < -0.3 is 10.3 Å². The van der Waals surface area contributed by atoms with Crippen LogP contribution in [0.1, 0.15) is 68.1 Å². The van der Waals surface area contributed by atoms with Gasteiger partial charge in [0.05, 0.1) is 11.0 Å². The van der Waals surface area contributed by atoms with E-state index in [1.165, 1.54) is 38.5 Å². The Bertz CT molecular complexity index is 1110. The number of nitrogens with zero attached hydrogens (tertiary/aromatic N) is 1. The van der Waals surface area contributed by atoms with Crippen LogP contribution in [0.25, 0.3) is 21.8 Å². The van der Waals surface area contributed by atoms with Crippen LogP contribution in [0.4, 0.5) is 0 Å². The van der Waals surface area contributed by atoms with Crippen molar-refractivity contribution in [1.29, 1.82) is 0 Å². The predicted octanol–water partition coefficient (Wildman–Crippen LogP) is 5.75. The van der Waals surface area contributed by atoms with Gasteiger partial charge in [0.2, 0.25) is 0 Å². The molecule has 2 heterocycles. The highest BCUT2D eigenvalue weighted by Crippen LogP contribution is 2.61. The second kappa shape index (κ2) is 6.57. The number of pyridine rings is 1. The summed E-state index contributed by atoms with van der Waals surface area (Å²) in [4.78, 5) is 21.2. The second-order valence-electron chi connectivity index (χ2n) is 10.7. The minimum absolute atomic E-state index is 0.0377. The molecule has 7 rings (SSSR count). The summed E-state index contributed by atoms with van der Waals surface area (Å²) in [5.74, 6) is 2.82. The first-order valence-electron chi connectivity index (χ1n) is 11.7. The number of aromatic nitrogens is 2. The first kappa shape index (κ1) is 18.4. The molecule has 0 radical (unpaired) electrons. The monoisotopic (exact) mass is 401 g/mol. The number of amides is 1.